The second-order valence-corrected chi connectivity index (χ2v) is 4.52. The van der Waals surface area contributed by atoms with Gasteiger partial charge in [0, 0.05) is 26.2 Å². The lowest BCUT2D eigenvalue weighted by Gasteiger charge is -2.26. The standard InChI is InChI=1S/C14H20N2/c1-12-5-4-8-16(10-12)11-14-7-3-2-6-13(14)9-15/h2-3,5-7H,4,8-11,15H2,1H3. The van der Waals surface area contributed by atoms with Crippen LogP contribution in [-0.4, -0.2) is 18.0 Å². The fourth-order valence-corrected chi connectivity index (χ4v) is 2.28. The zero-order chi connectivity index (χ0) is 11.4. The summed E-state index contributed by atoms with van der Waals surface area (Å²) >= 11 is 0. The molecule has 1 aromatic rings. The Morgan fingerprint density at radius 2 is 2.00 bits per heavy atom. The summed E-state index contributed by atoms with van der Waals surface area (Å²) in [4.78, 5) is 2.49. The monoisotopic (exact) mass is 216 g/mol. The zero-order valence-electron chi connectivity index (χ0n) is 9.95. The smallest absolute Gasteiger partial charge is 0.0240 e. The van der Waals surface area contributed by atoms with Gasteiger partial charge in [0.1, 0.15) is 0 Å². The molecule has 0 saturated heterocycles. The van der Waals surface area contributed by atoms with E-state index in [0.717, 1.165) is 19.6 Å². The number of hydrogen-bond acceptors (Lipinski definition) is 2. The molecule has 86 valence electrons. The van der Waals surface area contributed by atoms with Crippen molar-refractivity contribution >= 4 is 0 Å². The molecule has 0 unspecified atom stereocenters. The molecular weight excluding hydrogens is 196 g/mol. The molecule has 0 saturated carbocycles. The first kappa shape index (κ1) is 11.4. The van der Waals surface area contributed by atoms with Gasteiger partial charge >= 0.3 is 0 Å². The van der Waals surface area contributed by atoms with Crippen molar-refractivity contribution in [1.82, 2.24) is 4.90 Å². The second kappa shape index (κ2) is 5.28. The molecule has 0 aliphatic carbocycles. The van der Waals surface area contributed by atoms with Crippen molar-refractivity contribution in [2.24, 2.45) is 5.73 Å². The minimum Gasteiger partial charge on any atom is -0.326 e. The lowest BCUT2D eigenvalue weighted by atomic mass is 10.1. The molecule has 0 fully saturated rings. The van der Waals surface area contributed by atoms with Gasteiger partial charge in [-0.3, -0.25) is 4.90 Å². The Bertz CT molecular complexity index is 382. The SMILES string of the molecule is CC1=CCCN(Cc2ccccc2CN)C1. The number of hydrogen-bond donors (Lipinski definition) is 1. The van der Waals surface area contributed by atoms with Crippen LogP contribution >= 0.6 is 0 Å². The van der Waals surface area contributed by atoms with E-state index < -0.39 is 0 Å². The third-order valence-electron chi connectivity index (χ3n) is 3.14. The van der Waals surface area contributed by atoms with Crippen molar-refractivity contribution < 1.29 is 0 Å². The largest absolute Gasteiger partial charge is 0.326 e. The van der Waals surface area contributed by atoms with Gasteiger partial charge < -0.3 is 5.73 Å². The van der Waals surface area contributed by atoms with Crippen LogP contribution in [0.1, 0.15) is 24.5 Å². The molecule has 0 bridgehead atoms. The molecule has 2 rings (SSSR count). The molecular formula is C14H20N2. The van der Waals surface area contributed by atoms with Gasteiger partial charge in [0.25, 0.3) is 0 Å². The highest BCUT2D eigenvalue weighted by molar-refractivity contribution is 5.27. The Morgan fingerprint density at radius 1 is 1.25 bits per heavy atom. The number of nitrogens with zero attached hydrogens (tertiary/aromatic N) is 1. The predicted octanol–water partition coefficient (Wildman–Crippen LogP) is 2.30. The molecule has 2 heteroatoms. The topological polar surface area (TPSA) is 29.3 Å². The van der Waals surface area contributed by atoms with Gasteiger partial charge in [-0.15, -0.1) is 0 Å². The minimum atomic E-state index is 0.638. The molecule has 1 aliphatic rings. The molecule has 0 amide bonds. The highest BCUT2D eigenvalue weighted by atomic mass is 15.1. The maximum atomic E-state index is 5.75. The van der Waals surface area contributed by atoms with E-state index in [9.17, 15) is 0 Å². The number of nitrogens with two attached hydrogens (primary N) is 1. The van der Waals surface area contributed by atoms with E-state index in [2.05, 4.69) is 42.2 Å². The average molecular weight is 216 g/mol. The third kappa shape index (κ3) is 2.71. The summed E-state index contributed by atoms with van der Waals surface area (Å²) in [7, 11) is 0. The van der Waals surface area contributed by atoms with Gasteiger partial charge in [-0.05, 0) is 24.5 Å². The van der Waals surface area contributed by atoms with Crippen molar-refractivity contribution in [1.29, 1.82) is 0 Å². The van der Waals surface area contributed by atoms with E-state index in [1.165, 1.54) is 23.1 Å². The van der Waals surface area contributed by atoms with Crippen LogP contribution in [0.15, 0.2) is 35.9 Å². The summed E-state index contributed by atoms with van der Waals surface area (Å²) in [6.07, 6.45) is 3.52. The minimum absolute atomic E-state index is 0.638. The van der Waals surface area contributed by atoms with E-state index in [1.54, 1.807) is 0 Å². The first-order valence-corrected chi connectivity index (χ1v) is 5.94. The van der Waals surface area contributed by atoms with E-state index in [4.69, 9.17) is 5.73 Å². The molecule has 1 aromatic carbocycles. The van der Waals surface area contributed by atoms with Crippen LogP contribution in [0.4, 0.5) is 0 Å². The highest BCUT2D eigenvalue weighted by Gasteiger charge is 2.11. The summed E-state index contributed by atoms with van der Waals surface area (Å²) in [5, 5.41) is 0. The third-order valence-corrected chi connectivity index (χ3v) is 3.14. The molecule has 2 N–H and O–H groups in total. The first-order valence-electron chi connectivity index (χ1n) is 5.94. The van der Waals surface area contributed by atoms with Crippen molar-refractivity contribution in [3.63, 3.8) is 0 Å². The molecule has 0 radical (unpaired) electrons. The zero-order valence-corrected chi connectivity index (χ0v) is 9.95. The maximum Gasteiger partial charge on any atom is 0.0240 e. The maximum absolute atomic E-state index is 5.75. The van der Waals surface area contributed by atoms with Gasteiger partial charge in [0.05, 0.1) is 0 Å². The normalized spacial score (nSPS) is 17.2. The van der Waals surface area contributed by atoms with Crippen molar-refractivity contribution in [2.45, 2.75) is 26.4 Å². The molecule has 2 nitrogen and oxygen atoms in total. The molecule has 1 aliphatic heterocycles. The first-order chi connectivity index (χ1) is 7.79. The lowest BCUT2D eigenvalue weighted by Crippen LogP contribution is -2.29. The predicted molar refractivity (Wildman–Crippen MR) is 68.0 cm³/mol. The number of rotatable bonds is 3. The van der Waals surface area contributed by atoms with Crippen LogP contribution in [-0.2, 0) is 13.1 Å². The summed E-state index contributed by atoms with van der Waals surface area (Å²) in [5.41, 5.74) is 9.88. The quantitative estimate of drug-likeness (QED) is 0.786. The van der Waals surface area contributed by atoms with Crippen LogP contribution in [0.25, 0.3) is 0 Å². The van der Waals surface area contributed by atoms with Crippen LogP contribution < -0.4 is 5.73 Å². The van der Waals surface area contributed by atoms with Gasteiger partial charge in [0.2, 0.25) is 0 Å². The van der Waals surface area contributed by atoms with Gasteiger partial charge in [-0.25, -0.2) is 0 Å². The number of benzene rings is 1. The Kier molecular flexibility index (Phi) is 3.75. The van der Waals surface area contributed by atoms with Crippen molar-refractivity contribution in [3.8, 4) is 0 Å². The Labute approximate surface area is 97.8 Å². The molecule has 16 heavy (non-hydrogen) atoms. The van der Waals surface area contributed by atoms with Crippen LogP contribution in [0, 0.1) is 0 Å². The summed E-state index contributed by atoms with van der Waals surface area (Å²) in [5.74, 6) is 0. The highest BCUT2D eigenvalue weighted by Crippen LogP contribution is 2.15. The second-order valence-electron chi connectivity index (χ2n) is 4.52. The van der Waals surface area contributed by atoms with Crippen molar-refractivity contribution in [3.05, 3.63) is 47.0 Å². The van der Waals surface area contributed by atoms with Crippen LogP contribution in [0.5, 0.6) is 0 Å². The van der Waals surface area contributed by atoms with E-state index >= 15 is 0 Å². The molecule has 0 atom stereocenters. The fourth-order valence-electron chi connectivity index (χ4n) is 2.28. The van der Waals surface area contributed by atoms with E-state index in [1.807, 2.05) is 0 Å². The average Bonchev–Trinajstić information content (AvgIpc) is 2.30. The Hall–Kier alpha value is -1.12. The van der Waals surface area contributed by atoms with Gasteiger partial charge in [-0.1, -0.05) is 35.9 Å². The van der Waals surface area contributed by atoms with E-state index in [-0.39, 0.29) is 0 Å². The van der Waals surface area contributed by atoms with Crippen molar-refractivity contribution in [2.75, 3.05) is 13.1 Å². The van der Waals surface area contributed by atoms with E-state index in [0.29, 0.717) is 6.54 Å². The van der Waals surface area contributed by atoms with Gasteiger partial charge in [0.15, 0.2) is 0 Å². The lowest BCUT2D eigenvalue weighted by molar-refractivity contribution is 0.281. The summed E-state index contributed by atoms with van der Waals surface area (Å²) in [6, 6.07) is 8.48. The van der Waals surface area contributed by atoms with Gasteiger partial charge in [-0.2, -0.15) is 0 Å². The van der Waals surface area contributed by atoms with Crippen LogP contribution in [0.3, 0.4) is 0 Å². The molecule has 0 spiro atoms. The molecule has 0 aromatic heterocycles. The Morgan fingerprint density at radius 3 is 2.69 bits per heavy atom. The molecule has 1 heterocycles. The Balaban J connectivity index is 2.06. The fraction of sp³-hybridized carbons (Fsp3) is 0.429. The summed E-state index contributed by atoms with van der Waals surface area (Å²) < 4.78 is 0. The van der Waals surface area contributed by atoms with Crippen LogP contribution in [0.2, 0.25) is 0 Å². The summed E-state index contributed by atoms with van der Waals surface area (Å²) in [6.45, 7) is 6.13.